The molecule has 0 amide bonds. The Hall–Kier alpha value is -1.81. The number of nitrogens with two attached hydrogens (primary N) is 1. The molecule has 2 aromatic carbocycles. The molecule has 158 valence electrons. The lowest BCUT2D eigenvalue weighted by atomic mass is 10.1. The minimum absolute atomic E-state index is 0.0294. The van der Waals surface area contributed by atoms with Crippen molar-refractivity contribution in [1.82, 2.24) is 4.90 Å². The quantitative estimate of drug-likeness (QED) is 0.775. The molecular weight excluding hydrogens is 427 g/mol. The smallest absolute Gasteiger partial charge is 0.370 e. The van der Waals surface area contributed by atoms with Crippen LogP contribution in [-0.2, 0) is 22.7 Å². The van der Waals surface area contributed by atoms with E-state index in [2.05, 4.69) is 4.90 Å². The number of sulfonamides is 1. The molecular formula is C19H21ClF3N3O2S. The van der Waals surface area contributed by atoms with Gasteiger partial charge in [-0.2, -0.15) is 13.2 Å². The molecule has 5 nitrogen and oxygen atoms in total. The molecule has 0 atom stereocenters. The maximum atomic E-state index is 13.6. The van der Waals surface area contributed by atoms with Crippen molar-refractivity contribution in [1.29, 1.82) is 0 Å². The first-order valence-corrected chi connectivity index (χ1v) is 10.9. The lowest BCUT2D eigenvalue weighted by Crippen LogP contribution is -2.32. The van der Waals surface area contributed by atoms with E-state index in [0.29, 0.717) is 43.7 Å². The highest BCUT2D eigenvalue weighted by atomic mass is 35.5. The summed E-state index contributed by atoms with van der Waals surface area (Å²) in [5, 5.41) is 5.65. The Kier molecular flexibility index (Phi) is 6.42. The highest BCUT2D eigenvalue weighted by Gasteiger charge is 2.36. The predicted molar refractivity (Wildman–Crippen MR) is 106 cm³/mol. The van der Waals surface area contributed by atoms with Gasteiger partial charge in [0.05, 0.1) is 10.5 Å². The van der Waals surface area contributed by atoms with Crippen molar-refractivity contribution < 1.29 is 21.6 Å². The van der Waals surface area contributed by atoms with Gasteiger partial charge < -0.3 is 4.90 Å². The third-order valence-electron chi connectivity index (χ3n) is 4.85. The number of rotatable bonds is 4. The molecule has 3 rings (SSSR count). The summed E-state index contributed by atoms with van der Waals surface area (Å²) in [7, 11) is -4.22. The third-order valence-corrected chi connectivity index (χ3v) is 6.01. The highest BCUT2D eigenvalue weighted by molar-refractivity contribution is 7.89. The molecule has 0 aromatic heterocycles. The van der Waals surface area contributed by atoms with Crippen molar-refractivity contribution in [3.8, 4) is 0 Å². The Bertz CT molecular complexity index is 966. The van der Waals surface area contributed by atoms with Crippen LogP contribution in [0.5, 0.6) is 0 Å². The summed E-state index contributed by atoms with van der Waals surface area (Å²) in [6.07, 6.45) is -4.01. The molecule has 10 heteroatoms. The van der Waals surface area contributed by atoms with Gasteiger partial charge in [-0.05, 0) is 42.3 Å². The molecule has 29 heavy (non-hydrogen) atoms. The fourth-order valence-electron chi connectivity index (χ4n) is 3.41. The first-order chi connectivity index (χ1) is 13.5. The summed E-state index contributed by atoms with van der Waals surface area (Å²) in [5.41, 5.74) is 0.0600. The number of alkyl halides is 3. The van der Waals surface area contributed by atoms with Gasteiger partial charge in [-0.15, -0.1) is 0 Å². The van der Waals surface area contributed by atoms with Crippen LogP contribution in [0.25, 0.3) is 0 Å². The Labute approximate surface area is 172 Å². The Morgan fingerprint density at radius 2 is 1.69 bits per heavy atom. The van der Waals surface area contributed by atoms with Gasteiger partial charge in [0.25, 0.3) is 0 Å². The number of primary sulfonamides is 1. The summed E-state index contributed by atoms with van der Waals surface area (Å²) in [6, 6.07) is 10.4. The van der Waals surface area contributed by atoms with Crippen molar-refractivity contribution in [2.75, 3.05) is 31.1 Å². The second-order valence-corrected chi connectivity index (χ2v) is 8.96. The number of nitrogens with zero attached hydrogens (tertiary/aromatic N) is 2. The topological polar surface area (TPSA) is 66.6 Å². The van der Waals surface area contributed by atoms with Crippen LogP contribution in [0.4, 0.5) is 18.9 Å². The van der Waals surface area contributed by atoms with Gasteiger partial charge in [0.2, 0.25) is 10.0 Å². The molecule has 0 radical (unpaired) electrons. The summed E-state index contributed by atoms with van der Waals surface area (Å²) in [5.74, 6) is 0. The van der Waals surface area contributed by atoms with E-state index in [-0.39, 0.29) is 5.69 Å². The zero-order valence-corrected chi connectivity index (χ0v) is 17.1. The second kappa shape index (κ2) is 8.51. The first kappa shape index (κ1) is 21.9. The van der Waals surface area contributed by atoms with E-state index in [0.717, 1.165) is 18.2 Å². The highest BCUT2D eigenvalue weighted by Crippen LogP contribution is 2.38. The molecule has 1 aliphatic heterocycles. The Morgan fingerprint density at radius 1 is 1.00 bits per heavy atom. The third kappa shape index (κ3) is 5.63. The van der Waals surface area contributed by atoms with Crippen molar-refractivity contribution in [3.05, 3.63) is 58.6 Å². The normalized spacial score (nSPS) is 16.7. The number of anilines is 1. The van der Waals surface area contributed by atoms with Gasteiger partial charge in [0.15, 0.2) is 0 Å². The van der Waals surface area contributed by atoms with Crippen LogP contribution in [0.1, 0.15) is 17.5 Å². The molecule has 0 unspecified atom stereocenters. The van der Waals surface area contributed by atoms with Crippen molar-refractivity contribution >= 4 is 27.3 Å². The van der Waals surface area contributed by atoms with E-state index in [1.54, 1.807) is 4.90 Å². The molecule has 0 aliphatic carbocycles. The maximum absolute atomic E-state index is 13.6. The van der Waals surface area contributed by atoms with Gasteiger partial charge in [-0.1, -0.05) is 23.7 Å². The molecule has 1 saturated heterocycles. The number of hydrogen-bond donors (Lipinski definition) is 1. The van der Waals surface area contributed by atoms with Crippen LogP contribution < -0.4 is 10.0 Å². The van der Waals surface area contributed by atoms with Gasteiger partial charge >= 0.3 is 6.18 Å². The predicted octanol–water partition coefficient (Wildman–Crippen LogP) is 3.72. The van der Waals surface area contributed by atoms with E-state index in [4.69, 9.17) is 16.7 Å². The van der Waals surface area contributed by atoms with Crippen molar-refractivity contribution in [2.45, 2.75) is 24.0 Å². The van der Waals surface area contributed by atoms with E-state index in [1.165, 1.54) is 6.07 Å². The molecule has 0 bridgehead atoms. The van der Waals surface area contributed by atoms with Crippen molar-refractivity contribution in [3.63, 3.8) is 0 Å². The number of benzene rings is 2. The summed E-state index contributed by atoms with van der Waals surface area (Å²) in [6.45, 7) is 2.84. The van der Waals surface area contributed by atoms with E-state index in [9.17, 15) is 21.6 Å². The van der Waals surface area contributed by atoms with Crippen LogP contribution in [-0.4, -0.2) is 39.5 Å². The molecule has 2 aromatic rings. The summed E-state index contributed by atoms with van der Waals surface area (Å²) < 4.78 is 63.7. The van der Waals surface area contributed by atoms with Gasteiger partial charge in [-0.25, -0.2) is 13.6 Å². The second-order valence-electron chi connectivity index (χ2n) is 6.96. The maximum Gasteiger partial charge on any atom is 0.418 e. The average molecular weight is 448 g/mol. The molecule has 1 aliphatic rings. The van der Waals surface area contributed by atoms with E-state index >= 15 is 0 Å². The van der Waals surface area contributed by atoms with E-state index in [1.807, 2.05) is 24.3 Å². The summed E-state index contributed by atoms with van der Waals surface area (Å²) in [4.78, 5) is 3.28. The van der Waals surface area contributed by atoms with Crippen LogP contribution in [0.15, 0.2) is 47.4 Å². The monoisotopic (exact) mass is 447 g/mol. The number of halogens is 4. The zero-order valence-electron chi connectivity index (χ0n) is 15.5. The zero-order chi connectivity index (χ0) is 21.2. The Morgan fingerprint density at radius 3 is 2.31 bits per heavy atom. The largest absolute Gasteiger partial charge is 0.418 e. The molecule has 0 saturated carbocycles. The minimum Gasteiger partial charge on any atom is -0.370 e. The standard InChI is InChI=1S/C19H21ClF3N3O2S/c20-15-4-2-14(3-5-15)13-25-8-1-9-26(11-10-25)18-7-6-16(29(24,27)28)12-17(18)19(21,22)23/h2-7,12H,1,8-11,13H2,(H2,24,27,28). The average Bonchev–Trinajstić information content (AvgIpc) is 2.87. The minimum atomic E-state index is -4.69. The lowest BCUT2D eigenvalue weighted by molar-refractivity contribution is -0.137. The van der Waals surface area contributed by atoms with Crippen LogP contribution in [0.2, 0.25) is 5.02 Å². The number of hydrogen-bond acceptors (Lipinski definition) is 4. The van der Waals surface area contributed by atoms with E-state index < -0.39 is 26.7 Å². The van der Waals surface area contributed by atoms with Gasteiger partial charge in [0, 0.05) is 43.4 Å². The van der Waals surface area contributed by atoms with Gasteiger partial charge in [-0.3, -0.25) is 4.90 Å². The fraction of sp³-hybridized carbons (Fsp3) is 0.368. The fourth-order valence-corrected chi connectivity index (χ4v) is 4.08. The van der Waals surface area contributed by atoms with Crippen LogP contribution >= 0.6 is 11.6 Å². The summed E-state index contributed by atoms with van der Waals surface area (Å²) >= 11 is 5.90. The molecule has 2 N–H and O–H groups in total. The first-order valence-electron chi connectivity index (χ1n) is 9.00. The van der Waals surface area contributed by atoms with Crippen LogP contribution in [0.3, 0.4) is 0 Å². The Balaban J connectivity index is 1.79. The lowest BCUT2D eigenvalue weighted by Gasteiger charge is -2.27. The molecule has 1 heterocycles. The SMILES string of the molecule is NS(=O)(=O)c1ccc(N2CCCN(Cc3ccc(Cl)cc3)CC2)c(C(F)(F)F)c1. The van der Waals surface area contributed by atoms with Crippen molar-refractivity contribution in [2.24, 2.45) is 5.14 Å². The van der Waals surface area contributed by atoms with Crippen LogP contribution in [0, 0.1) is 0 Å². The van der Waals surface area contributed by atoms with Gasteiger partial charge in [0.1, 0.15) is 0 Å². The molecule has 0 spiro atoms. The molecule has 1 fully saturated rings.